The number of carbonyl (C=O) groups is 5. The van der Waals surface area contributed by atoms with Crippen molar-refractivity contribution in [2.45, 2.75) is 64.8 Å². The smallest absolute Gasteiger partial charge is 0.335 e. The van der Waals surface area contributed by atoms with Gasteiger partial charge < -0.3 is 35.4 Å². The molecule has 48 heavy (non-hydrogen) atoms. The zero-order chi connectivity index (χ0) is 35.2. The van der Waals surface area contributed by atoms with Crippen molar-refractivity contribution in [3.63, 3.8) is 0 Å². The fourth-order valence-electron chi connectivity index (χ4n) is 5.50. The van der Waals surface area contributed by atoms with Gasteiger partial charge in [0.2, 0.25) is 11.8 Å². The number of hydrogen-bond acceptors (Lipinski definition) is 9. The topological polar surface area (TPSA) is 181 Å². The van der Waals surface area contributed by atoms with Gasteiger partial charge in [0.25, 0.3) is 5.91 Å². The Hall–Kier alpha value is -5.01. The third kappa shape index (κ3) is 8.47. The molecular formula is C35H43N5O8. The number of rotatable bonds is 12. The monoisotopic (exact) mass is 661 g/mol. The van der Waals surface area contributed by atoms with Crippen molar-refractivity contribution in [1.29, 1.82) is 0 Å². The van der Waals surface area contributed by atoms with Gasteiger partial charge in [-0.25, -0.2) is 4.79 Å². The number of hydrogen-bond donors (Lipinski definition) is 4. The van der Waals surface area contributed by atoms with Gasteiger partial charge in [0, 0.05) is 12.0 Å². The molecule has 2 atom stereocenters. The Morgan fingerprint density at radius 3 is 2.42 bits per heavy atom. The van der Waals surface area contributed by atoms with Crippen LogP contribution in [0.15, 0.2) is 54.6 Å². The van der Waals surface area contributed by atoms with Gasteiger partial charge >= 0.3 is 11.9 Å². The molecule has 13 heteroatoms. The Bertz CT molecular complexity index is 1700. The zero-order valence-electron chi connectivity index (χ0n) is 27.9. The molecule has 5 N–H and O–H groups in total. The van der Waals surface area contributed by atoms with Crippen molar-refractivity contribution in [1.82, 2.24) is 10.6 Å². The van der Waals surface area contributed by atoms with Crippen LogP contribution in [0.4, 0.5) is 11.4 Å². The number of fused-ring (bicyclic) bond motifs is 2. The second kappa shape index (κ2) is 15.3. The van der Waals surface area contributed by atoms with E-state index >= 15 is 0 Å². The lowest BCUT2D eigenvalue weighted by Crippen LogP contribution is -2.56. The SMILES string of the molecule is COc1ccc2cc(C(=O)O)ccc2c1CN1C(=O)[C@@H](NC(=O)[C@H](C)NCC(=O)OC(C)(C)C)CN(C(=O)CCCN)c2ccccc21. The summed E-state index contributed by atoms with van der Waals surface area (Å²) in [5.41, 5.74) is 6.64. The summed E-state index contributed by atoms with van der Waals surface area (Å²) in [5.74, 6) is -2.44. The number of nitrogens with one attached hydrogen (secondary N) is 2. The van der Waals surface area contributed by atoms with Gasteiger partial charge in [0.05, 0.1) is 49.7 Å². The Morgan fingerprint density at radius 1 is 1.06 bits per heavy atom. The van der Waals surface area contributed by atoms with Crippen LogP contribution in [0.2, 0.25) is 0 Å². The minimum atomic E-state index is -1.17. The van der Waals surface area contributed by atoms with Crippen molar-refractivity contribution in [3.05, 3.63) is 65.7 Å². The number of methoxy groups -OCH3 is 1. The summed E-state index contributed by atoms with van der Waals surface area (Å²) < 4.78 is 11.0. The lowest BCUT2D eigenvalue weighted by molar-refractivity contribution is -0.153. The van der Waals surface area contributed by atoms with Crippen LogP contribution in [-0.2, 0) is 30.5 Å². The number of nitrogens with zero attached hydrogens (tertiary/aromatic N) is 2. The molecule has 0 saturated heterocycles. The molecule has 3 aromatic rings. The number of aromatic carboxylic acids is 1. The number of amides is 3. The van der Waals surface area contributed by atoms with Crippen LogP contribution in [0.25, 0.3) is 10.8 Å². The first-order chi connectivity index (χ1) is 22.7. The average Bonchev–Trinajstić information content (AvgIpc) is 3.15. The maximum atomic E-state index is 14.5. The number of carboxylic acids is 1. The zero-order valence-corrected chi connectivity index (χ0v) is 27.9. The number of esters is 1. The predicted octanol–water partition coefficient (Wildman–Crippen LogP) is 2.97. The molecule has 3 amide bonds. The molecule has 0 radical (unpaired) electrons. The molecule has 0 aliphatic carbocycles. The second-order valence-electron chi connectivity index (χ2n) is 12.5. The third-order valence-corrected chi connectivity index (χ3v) is 7.84. The third-order valence-electron chi connectivity index (χ3n) is 7.84. The van der Waals surface area contributed by atoms with E-state index in [1.165, 1.54) is 23.0 Å². The molecule has 0 spiro atoms. The summed E-state index contributed by atoms with van der Waals surface area (Å²) in [6.07, 6.45) is 0.569. The van der Waals surface area contributed by atoms with Crippen molar-refractivity contribution in [2.24, 2.45) is 5.73 Å². The number of carboxylic acid groups (broad SMARTS) is 1. The molecule has 4 rings (SSSR count). The van der Waals surface area contributed by atoms with Crippen LogP contribution in [-0.4, -0.2) is 79.2 Å². The number of nitrogens with two attached hydrogens (primary N) is 1. The Kier molecular flexibility index (Phi) is 11.4. The molecule has 0 bridgehead atoms. The summed E-state index contributed by atoms with van der Waals surface area (Å²) >= 11 is 0. The summed E-state index contributed by atoms with van der Waals surface area (Å²) in [6, 6.07) is 13.1. The highest BCUT2D eigenvalue weighted by Crippen LogP contribution is 2.37. The molecule has 0 unspecified atom stereocenters. The van der Waals surface area contributed by atoms with Crippen LogP contribution in [0.5, 0.6) is 5.75 Å². The maximum absolute atomic E-state index is 14.5. The van der Waals surface area contributed by atoms with Crippen molar-refractivity contribution in [3.8, 4) is 5.75 Å². The summed E-state index contributed by atoms with van der Waals surface area (Å²) in [7, 11) is 1.50. The lowest BCUT2D eigenvalue weighted by atomic mass is 10.00. The fraction of sp³-hybridized carbons (Fsp3) is 0.400. The molecule has 3 aromatic carbocycles. The van der Waals surface area contributed by atoms with Crippen LogP contribution in [0, 0.1) is 0 Å². The van der Waals surface area contributed by atoms with Gasteiger partial charge in [-0.05, 0) is 81.8 Å². The molecular weight excluding hydrogens is 618 g/mol. The van der Waals surface area contributed by atoms with E-state index in [2.05, 4.69) is 10.6 Å². The minimum absolute atomic E-state index is 0.0214. The molecule has 0 saturated carbocycles. The van der Waals surface area contributed by atoms with E-state index in [0.717, 1.165) is 0 Å². The first-order valence-electron chi connectivity index (χ1n) is 15.7. The van der Waals surface area contributed by atoms with E-state index in [1.54, 1.807) is 76.2 Å². The summed E-state index contributed by atoms with van der Waals surface area (Å²) in [4.78, 5) is 68.4. The Balaban J connectivity index is 1.73. The van der Waals surface area contributed by atoms with E-state index in [1.807, 2.05) is 0 Å². The first-order valence-corrected chi connectivity index (χ1v) is 15.7. The standard InChI is InChI=1S/C35H43N5O8/c1-21(37-18-31(42)48-35(2,3)4)32(43)38-26-20-39(30(41)11-8-16-36)27-9-6-7-10-28(27)40(33(26)44)19-25-24-14-12-23(34(45)46)17-22(24)13-15-29(25)47-5/h6-7,9-10,12-15,17,21,26,37H,8,11,16,18-20,36H2,1-5H3,(H,38,43)(H,45,46)/t21-,26-/m0/s1. The van der Waals surface area contributed by atoms with Crippen LogP contribution in [0.1, 0.15) is 56.5 Å². The fourth-order valence-corrected chi connectivity index (χ4v) is 5.50. The highest BCUT2D eigenvalue weighted by molar-refractivity contribution is 6.08. The molecule has 1 aliphatic heterocycles. The maximum Gasteiger partial charge on any atom is 0.335 e. The van der Waals surface area contributed by atoms with Crippen molar-refractivity contribution >= 4 is 51.8 Å². The normalized spacial score (nSPS) is 15.4. The van der Waals surface area contributed by atoms with Crippen LogP contribution < -0.4 is 30.9 Å². The van der Waals surface area contributed by atoms with E-state index in [9.17, 15) is 29.1 Å². The quantitative estimate of drug-likeness (QED) is 0.211. The second-order valence-corrected chi connectivity index (χ2v) is 12.5. The number of anilines is 2. The van der Waals surface area contributed by atoms with Gasteiger partial charge in [0.1, 0.15) is 17.4 Å². The summed E-state index contributed by atoms with van der Waals surface area (Å²) in [6.45, 7) is 6.69. The Morgan fingerprint density at radius 2 is 1.77 bits per heavy atom. The van der Waals surface area contributed by atoms with Crippen molar-refractivity contribution in [2.75, 3.05) is 36.5 Å². The van der Waals surface area contributed by atoms with E-state index in [0.29, 0.717) is 46.4 Å². The highest BCUT2D eigenvalue weighted by Gasteiger charge is 2.38. The number of ether oxygens (including phenoxy) is 2. The number of benzene rings is 3. The van der Waals surface area contributed by atoms with Gasteiger partial charge in [-0.15, -0.1) is 0 Å². The van der Waals surface area contributed by atoms with Crippen LogP contribution >= 0.6 is 0 Å². The molecule has 0 aromatic heterocycles. The average molecular weight is 662 g/mol. The largest absolute Gasteiger partial charge is 0.496 e. The number of para-hydroxylation sites is 2. The van der Waals surface area contributed by atoms with Gasteiger partial charge in [-0.2, -0.15) is 0 Å². The Labute approximate surface area is 279 Å². The van der Waals surface area contributed by atoms with Gasteiger partial charge in [-0.3, -0.25) is 24.5 Å². The van der Waals surface area contributed by atoms with E-state index in [-0.39, 0.29) is 37.5 Å². The van der Waals surface area contributed by atoms with Gasteiger partial charge in [0.15, 0.2) is 0 Å². The molecule has 1 aliphatic rings. The van der Waals surface area contributed by atoms with E-state index < -0.39 is 41.4 Å². The van der Waals surface area contributed by atoms with Crippen LogP contribution in [0.3, 0.4) is 0 Å². The molecule has 1 heterocycles. The minimum Gasteiger partial charge on any atom is -0.496 e. The molecule has 0 fully saturated rings. The lowest BCUT2D eigenvalue weighted by Gasteiger charge is -2.27. The summed E-state index contributed by atoms with van der Waals surface area (Å²) in [5, 5.41) is 16.5. The number of carbonyl (C=O) groups excluding carboxylic acids is 4. The molecule has 256 valence electrons. The highest BCUT2D eigenvalue weighted by atomic mass is 16.6. The van der Waals surface area contributed by atoms with Crippen molar-refractivity contribution < 1.29 is 38.6 Å². The first kappa shape index (κ1) is 35.8. The molecule has 13 nitrogen and oxygen atoms in total. The van der Waals surface area contributed by atoms with E-state index in [4.69, 9.17) is 15.2 Å². The van der Waals surface area contributed by atoms with Gasteiger partial charge in [-0.1, -0.05) is 24.3 Å². The predicted molar refractivity (Wildman–Crippen MR) is 181 cm³/mol.